The van der Waals surface area contributed by atoms with Gasteiger partial charge >= 0.3 is 11.9 Å². The van der Waals surface area contributed by atoms with Crippen molar-refractivity contribution in [3.05, 3.63) is 70.8 Å². The van der Waals surface area contributed by atoms with Crippen LogP contribution < -0.4 is 4.90 Å². The summed E-state index contributed by atoms with van der Waals surface area (Å²) in [4.78, 5) is 37.4. The van der Waals surface area contributed by atoms with Crippen LogP contribution in [0.2, 0.25) is 0 Å². The van der Waals surface area contributed by atoms with E-state index in [2.05, 4.69) is 4.74 Å². The highest BCUT2D eigenvalue weighted by Gasteiger charge is 2.31. The molecule has 0 radical (unpaired) electrons. The van der Waals surface area contributed by atoms with Crippen LogP contribution in [-0.4, -0.2) is 35.2 Å². The van der Waals surface area contributed by atoms with E-state index in [-0.39, 0.29) is 29.9 Å². The monoisotopic (exact) mass is 367 g/mol. The summed E-state index contributed by atoms with van der Waals surface area (Å²) in [5.74, 6) is -2.54. The van der Waals surface area contributed by atoms with Gasteiger partial charge in [-0.15, -0.1) is 0 Å². The summed E-state index contributed by atoms with van der Waals surface area (Å²) in [5.41, 5.74) is 1.37. The SMILES string of the molecule is COC(=O)C1=C(O)c2ccccc2N(Cc2cccc(C(=O)O)c2)C(=O)C1. The number of amides is 1. The highest BCUT2D eigenvalue weighted by Crippen LogP contribution is 2.34. The molecule has 2 aromatic rings. The summed E-state index contributed by atoms with van der Waals surface area (Å²) in [7, 11) is 1.18. The molecule has 0 bridgehead atoms. The van der Waals surface area contributed by atoms with Gasteiger partial charge in [-0.2, -0.15) is 0 Å². The zero-order valence-electron chi connectivity index (χ0n) is 14.5. The van der Waals surface area contributed by atoms with Crippen LogP contribution in [0.15, 0.2) is 54.1 Å². The molecule has 0 unspecified atom stereocenters. The third kappa shape index (κ3) is 3.52. The number of aliphatic hydroxyl groups excluding tert-OH is 1. The van der Waals surface area contributed by atoms with E-state index in [0.29, 0.717) is 16.8 Å². The number of fused-ring (bicyclic) bond motifs is 1. The third-order valence-electron chi connectivity index (χ3n) is 4.31. The summed E-state index contributed by atoms with van der Waals surface area (Å²) in [5, 5.41) is 19.7. The van der Waals surface area contributed by atoms with Crippen LogP contribution in [0.3, 0.4) is 0 Å². The van der Waals surface area contributed by atoms with Crippen molar-refractivity contribution < 1.29 is 29.3 Å². The van der Waals surface area contributed by atoms with E-state index in [1.165, 1.54) is 24.1 Å². The fourth-order valence-electron chi connectivity index (χ4n) is 2.99. The van der Waals surface area contributed by atoms with Crippen molar-refractivity contribution in [2.75, 3.05) is 12.0 Å². The normalized spacial score (nSPS) is 13.8. The van der Waals surface area contributed by atoms with Crippen LogP contribution in [0, 0.1) is 0 Å². The molecule has 0 aromatic heterocycles. The number of ether oxygens (including phenoxy) is 1. The summed E-state index contributed by atoms with van der Waals surface area (Å²) in [6.45, 7) is 0.0959. The number of aliphatic hydroxyl groups is 1. The molecule has 7 nitrogen and oxygen atoms in total. The highest BCUT2D eigenvalue weighted by molar-refractivity contribution is 6.09. The van der Waals surface area contributed by atoms with Gasteiger partial charge in [0, 0.05) is 5.56 Å². The molecule has 3 rings (SSSR count). The zero-order valence-corrected chi connectivity index (χ0v) is 14.5. The molecule has 2 aromatic carbocycles. The molecule has 0 atom stereocenters. The fraction of sp³-hybridized carbons (Fsp3) is 0.150. The van der Waals surface area contributed by atoms with Crippen LogP contribution in [-0.2, 0) is 20.9 Å². The van der Waals surface area contributed by atoms with Gasteiger partial charge in [0.1, 0.15) is 5.76 Å². The Kier molecular flexibility index (Phi) is 4.94. The smallest absolute Gasteiger partial charge is 0.338 e. The van der Waals surface area contributed by atoms with Crippen molar-refractivity contribution in [2.24, 2.45) is 0 Å². The lowest BCUT2D eigenvalue weighted by Crippen LogP contribution is -2.30. The molecular formula is C20H17NO6. The van der Waals surface area contributed by atoms with Crippen LogP contribution in [0.1, 0.15) is 27.9 Å². The molecule has 0 fully saturated rings. The van der Waals surface area contributed by atoms with Gasteiger partial charge in [0.2, 0.25) is 5.91 Å². The molecule has 0 saturated heterocycles. The van der Waals surface area contributed by atoms with Crippen molar-refractivity contribution in [3.63, 3.8) is 0 Å². The van der Waals surface area contributed by atoms with Gasteiger partial charge in [0.05, 0.1) is 36.9 Å². The summed E-state index contributed by atoms with van der Waals surface area (Å²) in [6, 6.07) is 12.9. The fourth-order valence-corrected chi connectivity index (χ4v) is 2.99. The van der Waals surface area contributed by atoms with Crippen molar-refractivity contribution in [1.82, 2.24) is 0 Å². The Morgan fingerprint density at radius 2 is 1.89 bits per heavy atom. The van der Waals surface area contributed by atoms with E-state index in [0.717, 1.165) is 0 Å². The first-order valence-electron chi connectivity index (χ1n) is 8.14. The maximum Gasteiger partial charge on any atom is 0.338 e. The van der Waals surface area contributed by atoms with Gasteiger partial charge in [-0.05, 0) is 29.8 Å². The van der Waals surface area contributed by atoms with Gasteiger partial charge in [-0.25, -0.2) is 9.59 Å². The molecule has 1 amide bonds. The second-order valence-electron chi connectivity index (χ2n) is 6.00. The molecule has 7 heteroatoms. The molecule has 2 N–H and O–H groups in total. The van der Waals surface area contributed by atoms with Gasteiger partial charge in [0.15, 0.2) is 0 Å². The average molecular weight is 367 g/mol. The maximum atomic E-state index is 12.8. The third-order valence-corrected chi connectivity index (χ3v) is 4.31. The number of nitrogens with zero attached hydrogens (tertiary/aromatic N) is 1. The topological polar surface area (TPSA) is 104 Å². The second-order valence-corrected chi connectivity index (χ2v) is 6.00. The van der Waals surface area contributed by atoms with E-state index >= 15 is 0 Å². The predicted molar refractivity (Wildman–Crippen MR) is 97.2 cm³/mol. The molecule has 0 saturated carbocycles. The van der Waals surface area contributed by atoms with Gasteiger partial charge in [-0.1, -0.05) is 24.3 Å². The average Bonchev–Trinajstić information content (AvgIpc) is 2.78. The van der Waals surface area contributed by atoms with Crippen LogP contribution in [0.4, 0.5) is 5.69 Å². The van der Waals surface area contributed by atoms with Crippen molar-refractivity contribution in [2.45, 2.75) is 13.0 Å². The first kappa shape index (κ1) is 18.2. The minimum absolute atomic E-state index is 0.0959. The van der Waals surface area contributed by atoms with E-state index < -0.39 is 17.8 Å². The quantitative estimate of drug-likeness (QED) is 0.805. The Bertz CT molecular complexity index is 962. The Hall–Kier alpha value is -3.61. The lowest BCUT2D eigenvalue weighted by molar-refractivity contribution is -0.137. The Morgan fingerprint density at radius 1 is 1.15 bits per heavy atom. The van der Waals surface area contributed by atoms with Gasteiger partial charge < -0.3 is 19.8 Å². The molecule has 1 aliphatic heterocycles. The number of carboxylic acid groups (broad SMARTS) is 1. The van der Waals surface area contributed by atoms with Crippen molar-refractivity contribution in [1.29, 1.82) is 0 Å². The van der Waals surface area contributed by atoms with Crippen LogP contribution in [0.5, 0.6) is 0 Å². The largest absolute Gasteiger partial charge is 0.507 e. The molecule has 1 aliphatic rings. The summed E-state index contributed by atoms with van der Waals surface area (Å²) in [6.07, 6.45) is -0.328. The highest BCUT2D eigenvalue weighted by atomic mass is 16.5. The van der Waals surface area contributed by atoms with E-state index in [9.17, 15) is 19.5 Å². The number of aromatic carboxylic acids is 1. The van der Waals surface area contributed by atoms with Crippen molar-refractivity contribution in [3.8, 4) is 0 Å². The minimum Gasteiger partial charge on any atom is -0.507 e. The zero-order chi connectivity index (χ0) is 19.6. The van der Waals surface area contributed by atoms with E-state index in [1.807, 2.05) is 0 Å². The van der Waals surface area contributed by atoms with Crippen LogP contribution >= 0.6 is 0 Å². The molecule has 0 aliphatic carbocycles. The number of para-hydroxylation sites is 1. The summed E-state index contributed by atoms with van der Waals surface area (Å²) >= 11 is 0. The Morgan fingerprint density at radius 3 is 2.59 bits per heavy atom. The molecule has 27 heavy (non-hydrogen) atoms. The Balaban J connectivity index is 2.05. The number of benzene rings is 2. The molecular weight excluding hydrogens is 350 g/mol. The van der Waals surface area contributed by atoms with E-state index in [1.54, 1.807) is 36.4 Å². The molecule has 138 valence electrons. The number of anilines is 1. The lowest BCUT2D eigenvalue weighted by atomic mass is 10.1. The van der Waals surface area contributed by atoms with E-state index in [4.69, 9.17) is 5.11 Å². The number of hydrogen-bond acceptors (Lipinski definition) is 5. The first-order chi connectivity index (χ1) is 12.9. The van der Waals surface area contributed by atoms with Gasteiger partial charge in [-0.3, -0.25) is 4.79 Å². The Labute approximate surface area is 155 Å². The number of esters is 1. The minimum atomic E-state index is -1.06. The second kappa shape index (κ2) is 7.33. The first-order valence-corrected chi connectivity index (χ1v) is 8.14. The number of rotatable bonds is 4. The number of carbonyl (C=O) groups excluding carboxylic acids is 2. The van der Waals surface area contributed by atoms with Crippen LogP contribution in [0.25, 0.3) is 5.76 Å². The molecule has 0 spiro atoms. The summed E-state index contributed by atoms with van der Waals surface area (Å²) < 4.78 is 4.68. The maximum absolute atomic E-state index is 12.8. The van der Waals surface area contributed by atoms with Crippen molar-refractivity contribution >= 4 is 29.3 Å². The number of hydrogen-bond donors (Lipinski definition) is 2. The molecule has 1 heterocycles. The lowest BCUT2D eigenvalue weighted by Gasteiger charge is -2.23. The predicted octanol–water partition coefficient (Wildman–Crippen LogP) is 2.76. The number of methoxy groups -OCH3 is 1. The van der Waals surface area contributed by atoms with Gasteiger partial charge in [0.25, 0.3) is 0 Å². The standard InChI is InChI=1S/C20H17NO6/c1-27-20(26)15-10-17(22)21(16-8-3-2-7-14(16)18(15)23)11-12-5-4-6-13(9-12)19(24)25/h2-9,23H,10-11H2,1H3,(H,24,25). The number of carboxylic acids is 1. The number of carbonyl (C=O) groups is 3.